The summed E-state index contributed by atoms with van der Waals surface area (Å²) in [4.78, 5) is 13.0. The molecule has 38 heavy (non-hydrogen) atoms. The number of benzene rings is 4. The first-order valence-electron chi connectivity index (χ1n) is 11.2. The van der Waals surface area contributed by atoms with Gasteiger partial charge in [-0.05, 0) is 54.6 Å². The van der Waals surface area contributed by atoms with E-state index < -0.39 is 32.5 Å². The second-order valence-corrected chi connectivity index (χ2v) is 12.7. The lowest BCUT2D eigenvalue weighted by atomic mass is 10.0. The molecule has 1 heterocycles. The number of nitrogens with one attached hydrogen (secondary N) is 2. The fourth-order valence-electron chi connectivity index (χ4n) is 4.08. The first-order chi connectivity index (χ1) is 18.1. The fourth-order valence-corrected chi connectivity index (χ4v) is 7.19. The summed E-state index contributed by atoms with van der Waals surface area (Å²) in [6, 6.07) is 23.4. The SMILES string of the molecule is O=C(CN1c2ccccc2-c2ccccc2S1(=O)=O)Nc1ccc(S(=O)(=O)Nc2cc(Cl)ccc2Cl)cc1. The van der Waals surface area contributed by atoms with Crippen molar-refractivity contribution in [2.24, 2.45) is 0 Å². The second-order valence-electron chi connectivity index (χ2n) is 8.33. The van der Waals surface area contributed by atoms with Crippen molar-refractivity contribution < 1.29 is 21.6 Å². The number of carbonyl (C=O) groups excluding carboxylic acids is 1. The van der Waals surface area contributed by atoms with Crippen LogP contribution in [0.25, 0.3) is 11.1 Å². The van der Waals surface area contributed by atoms with Gasteiger partial charge in [-0.15, -0.1) is 0 Å². The molecule has 4 aromatic carbocycles. The minimum absolute atomic E-state index is 0.0734. The number of para-hydroxylation sites is 1. The Hall–Kier alpha value is -3.57. The highest BCUT2D eigenvalue weighted by Crippen LogP contribution is 2.42. The summed E-state index contributed by atoms with van der Waals surface area (Å²) in [7, 11) is -7.97. The maximum absolute atomic E-state index is 13.4. The highest BCUT2D eigenvalue weighted by molar-refractivity contribution is 7.93. The highest BCUT2D eigenvalue weighted by Gasteiger charge is 2.35. The smallest absolute Gasteiger partial charge is 0.265 e. The molecule has 0 aliphatic carbocycles. The largest absolute Gasteiger partial charge is 0.325 e. The predicted octanol–water partition coefficient (Wildman–Crippen LogP) is 5.61. The van der Waals surface area contributed by atoms with E-state index >= 15 is 0 Å². The van der Waals surface area contributed by atoms with Gasteiger partial charge in [0.05, 0.1) is 26.2 Å². The number of hydrogen-bond acceptors (Lipinski definition) is 5. The van der Waals surface area contributed by atoms with Crippen LogP contribution in [0.15, 0.2) is 101 Å². The van der Waals surface area contributed by atoms with Gasteiger partial charge in [0.15, 0.2) is 0 Å². The molecule has 0 aromatic heterocycles. The van der Waals surface area contributed by atoms with Crippen molar-refractivity contribution in [3.05, 3.63) is 101 Å². The van der Waals surface area contributed by atoms with E-state index in [1.54, 1.807) is 42.5 Å². The highest BCUT2D eigenvalue weighted by atomic mass is 35.5. The Morgan fingerprint density at radius 2 is 1.50 bits per heavy atom. The minimum Gasteiger partial charge on any atom is -0.325 e. The average Bonchev–Trinajstić information content (AvgIpc) is 2.89. The molecule has 1 amide bonds. The molecule has 0 radical (unpaired) electrons. The monoisotopic (exact) mass is 587 g/mol. The van der Waals surface area contributed by atoms with E-state index in [1.807, 2.05) is 0 Å². The summed E-state index contributed by atoms with van der Waals surface area (Å²) in [5, 5.41) is 3.12. The summed E-state index contributed by atoms with van der Waals surface area (Å²) < 4.78 is 55.7. The standard InChI is InChI=1S/C26H19Cl2N3O5S2/c27-17-9-14-22(28)23(15-17)30-37(33,34)19-12-10-18(11-13-19)29-26(32)16-31-24-7-3-1-5-20(24)21-6-2-4-8-25(21)38(31,35)36/h1-15,30H,16H2,(H,29,32). The topological polar surface area (TPSA) is 113 Å². The molecular weight excluding hydrogens is 569 g/mol. The van der Waals surface area contributed by atoms with Crippen LogP contribution in [0.5, 0.6) is 0 Å². The van der Waals surface area contributed by atoms with Gasteiger partial charge in [-0.1, -0.05) is 59.6 Å². The molecule has 12 heteroatoms. The summed E-state index contributed by atoms with van der Waals surface area (Å²) in [6.07, 6.45) is 0. The molecule has 5 rings (SSSR count). The quantitative estimate of drug-likeness (QED) is 0.304. The normalized spacial score (nSPS) is 13.8. The number of rotatable bonds is 6. The Morgan fingerprint density at radius 1 is 0.842 bits per heavy atom. The van der Waals surface area contributed by atoms with Crippen LogP contribution in [0.4, 0.5) is 17.1 Å². The number of amides is 1. The maximum atomic E-state index is 13.4. The summed E-state index contributed by atoms with van der Waals surface area (Å²) >= 11 is 12.0. The molecule has 0 saturated heterocycles. The van der Waals surface area contributed by atoms with E-state index in [-0.39, 0.29) is 26.2 Å². The van der Waals surface area contributed by atoms with Gasteiger partial charge >= 0.3 is 0 Å². The summed E-state index contributed by atoms with van der Waals surface area (Å²) in [6.45, 7) is -0.470. The molecule has 0 saturated carbocycles. The van der Waals surface area contributed by atoms with Crippen molar-refractivity contribution in [2.75, 3.05) is 20.9 Å². The number of anilines is 3. The Morgan fingerprint density at radius 3 is 2.24 bits per heavy atom. The van der Waals surface area contributed by atoms with Crippen LogP contribution in [0.2, 0.25) is 10.0 Å². The third kappa shape index (κ3) is 4.95. The fraction of sp³-hybridized carbons (Fsp3) is 0.0385. The molecule has 8 nitrogen and oxygen atoms in total. The average molecular weight is 588 g/mol. The molecule has 1 aliphatic heterocycles. The van der Waals surface area contributed by atoms with Crippen molar-refractivity contribution in [1.29, 1.82) is 0 Å². The van der Waals surface area contributed by atoms with E-state index in [1.165, 1.54) is 48.5 Å². The van der Waals surface area contributed by atoms with E-state index in [9.17, 15) is 21.6 Å². The number of fused-ring (bicyclic) bond motifs is 3. The molecule has 2 N–H and O–H groups in total. The third-order valence-corrected chi connectivity index (χ3v) is 9.59. The Bertz CT molecular complexity index is 1780. The Labute approximate surface area is 229 Å². The van der Waals surface area contributed by atoms with E-state index in [2.05, 4.69) is 10.0 Å². The lowest BCUT2D eigenvalue weighted by molar-refractivity contribution is -0.114. The van der Waals surface area contributed by atoms with Crippen LogP contribution in [0, 0.1) is 0 Å². The van der Waals surface area contributed by atoms with Crippen LogP contribution in [0.1, 0.15) is 0 Å². The second kappa shape index (κ2) is 9.95. The van der Waals surface area contributed by atoms with Crippen molar-refractivity contribution in [3.63, 3.8) is 0 Å². The van der Waals surface area contributed by atoms with E-state index in [4.69, 9.17) is 23.2 Å². The Balaban J connectivity index is 1.34. The lowest BCUT2D eigenvalue weighted by Crippen LogP contribution is -2.40. The zero-order valence-electron chi connectivity index (χ0n) is 19.4. The van der Waals surface area contributed by atoms with Gasteiger partial charge in [-0.25, -0.2) is 16.8 Å². The molecule has 0 fully saturated rings. The minimum atomic E-state index is -3.99. The molecule has 4 aromatic rings. The van der Waals surface area contributed by atoms with E-state index in [0.29, 0.717) is 21.8 Å². The Kier molecular flexibility index (Phi) is 6.83. The number of sulfonamides is 2. The molecular formula is C26H19Cl2N3O5S2. The van der Waals surface area contributed by atoms with Gasteiger partial charge in [0, 0.05) is 21.8 Å². The molecule has 0 spiro atoms. The van der Waals surface area contributed by atoms with Crippen LogP contribution in [-0.2, 0) is 24.8 Å². The summed E-state index contributed by atoms with van der Waals surface area (Å²) in [5.41, 5.74) is 2.09. The predicted molar refractivity (Wildman–Crippen MR) is 149 cm³/mol. The molecule has 1 aliphatic rings. The summed E-state index contributed by atoms with van der Waals surface area (Å²) in [5.74, 6) is -0.595. The van der Waals surface area contributed by atoms with Crippen molar-refractivity contribution in [3.8, 4) is 11.1 Å². The first-order valence-corrected chi connectivity index (χ1v) is 14.8. The van der Waals surface area contributed by atoms with Crippen LogP contribution >= 0.6 is 23.2 Å². The zero-order chi connectivity index (χ0) is 27.1. The van der Waals surface area contributed by atoms with Crippen molar-refractivity contribution in [1.82, 2.24) is 0 Å². The number of halogens is 2. The van der Waals surface area contributed by atoms with Gasteiger partial charge in [-0.2, -0.15) is 0 Å². The zero-order valence-corrected chi connectivity index (χ0v) is 22.6. The van der Waals surface area contributed by atoms with Crippen molar-refractivity contribution >= 4 is 66.2 Å². The number of hydrogen-bond donors (Lipinski definition) is 2. The number of nitrogens with zero attached hydrogens (tertiary/aromatic N) is 1. The van der Waals surface area contributed by atoms with E-state index in [0.717, 1.165) is 4.31 Å². The van der Waals surface area contributed by atoms with Gasteiger partial charge in [0.1, 0.15) is 6.54 Å². The van der Waals surface area contributed by atoms with Gasteiger partial charge in [0.2, 0.25) is 5.91 Å². The third-order valence-electron chi connectivity index (χ3n) is 5.83. The van der Waals surface area contributed by atoms with Crippen LogP contribution in [0.3, 0.4) is 0 Å². The maximum Gasteiger partial charge on any atom is 0.265 e. The van der Waals surface area contributed by atoms with Gasteiger partial charge < -0.3 is 5.32 Å². The molecule has 0 unspecified atom stereocenters. The molecule has 0 bridgehead atoms. The first kappa shape index (κ1) is 26.1. The number of carbonyl (C=O) groups is 1. The molecule has 194 valence electrons. The van der Waals surface area contributed by atoms with Gasteiger partial charge in [-0.3, -0.25) is 13.8 Å². The molecule has 0 atom stereocenters. The van der Waals surface area contributed by atoms with Crippen LogP contribution < -0.4 is 14.3 Å². The van der Waals surface area contributed by atoms with Gasteiger partial charge in [0.25, 0.3) is 20.0 Å². The van der Waals surface area contributed by atoms with Crippen LogP contribution in [-0.4, -0.2) is 29.3 Å². The van der Waals surface area contributed by atoms with Crippen molar-refractivity contribution in [2.45, 2.75) is 9.79 Å². The lowest BCUT2D eigenvalue weighted by Gasteiger charge is -2.31.